The molecule has 6 nitrogen and oxygen atoms in total. The second-order valence-electron chi connectivity index (χ2n) is 9.74. The van der Waals surface area contributed by atoms with Crippen molar-refractivity contribution < 1.29 is 13.2 Å². The van der Waals surface area contributed by atoms with Crippen LogP contribution in [0.5, 0.6) is 0 Å². The number of fused-ring (bicyclic) bond motifs is 2. The Balaban J connectivity index is 1.27. The molecule has 1 aliphatic carbocycles. The quantitative estimate of drug-likeness (QED) is 0.545. The minimum Gasteiger partial charge on any atom is -0.342 e. The molecule has 10 heteroatoms. The third kappa shape index (κ3) is 3.22. The molecule has 1 spiro atoms. The Bertz CT molecular complexity index is 1470. The van der Waals surface area contributed by atoms with Gasteiger partial charge in [0.2, 0.25) is 5.95 Å². The SMILES string of the molecule is Cc1ccc(C2=NCc3nc(N4CCC5(CC4)Cc4cc(F)c(F)c(F)c4[C@H]5N)n(C)c(=O)c32)s1. The zero-order valence-corrected chi connectivity index (χ0v) is 20.2. The van der Waals surface area contributed by atoms with E-state index in [9.17, 15) is 18.0 Å². The first kappa shape index (κ1) is 22.5. The van der Waals surface area contributed by atoms with Gasteiger partial charge in [-0.2, -0.15) is 0 Å². The highest BCUT2D eigenvalue weighted by molar-refractivity contribution is 7.14. The molecule has 1 fully saturated rings. The van der Waals surface area contributed by atoms with Crippen LogP contribution in [0.25, 0.3) is 0 Å². The van der Waals surface area contributed by atoms with E-state index in [0.29, 0.717) is 67.4 Å². The van der Waals surface area contributed by atoms with Gasteiger partial charge in [-0.1, -0.05) is 0 Å². The van der Waals surface area contributed by atoms with Crippen molar-refractivity contribution in [3.05, 3.63) is 78.1 Å². The number of benzene rings is 1. The summed E-state index contributed by atoms with van der Waals surface area (Å²) in [7, 11) is 1.71. The third-order valence-electron chi connectivity index (χ3n) is 7.78. The normalized spacial score (nSPS) is 20.3. The second kappa shape index (κ2) is 7.76. The maximum Gasteiger partial charge on any atom is 0.264 e. The number of anilines is 1. The van der Waals surface area contributed by atoms with Crippen LogP contribution in [0.2, 0.25) is 0 Å². The van der Waals surface area contributed by atoms with E-state index in [1.54, 1.807) is 23.0 Å². The average Bonchev–Trinajstić information content (AvgIpc) is 3.52. The van der Waals surface area contributed by atoms with Crippen LogP contribution in [-0.2, 0) is 20.0 Å². The van der Waals surface area contributed by atoms with E-state index in [1.165, 1.54) is 0 Å². The lowest BCUT2D eigenvalue weighted by molar-refractivity contribution is 0.184. The van der Waals surface area contributed by atoms with Crippen LogP contribution in [0.15, 0.2) is 28.0 Å². The van der Waals surface area contributed by atoms with Gasteiger partial charge in [0, 0.05) is 36.6 Å². The van der Waals surface area contributed by atoms with Gasteiger partial charge in [-0.3, -0.25) is 14.4 Å². The Labute approximate surface area is 203 Å². The van der Waals surface area contributed by atoms with Crippen molar-refractivity contribution >= 4 is 23.0 Å². The van der Waals surface area contributed by atoms with Crippen molar-refractivity contribution in [2.75, 3.05) is 18.0 Å². The van der Waals surface area contributed by atoms with Gasteiger partial charge in [0.05, 0.1) is 28.4 Å². The first-order chi connectivity index (χ1) is 16.7. The number of nitrogens with zero attached hydrogens (tertiary/aromatic N) is 4. The minimum absolute atomic E-state index is 0.0916. The van der Waals surface area contributed by atoms with Gasteiger partial charge in [-0.15, -0.1) is 11.3 Å². The topological polar surface area (TPSA) is 76.5 Å². The van der Waals surface area contributed by atoms with Crippen LogP contribution < -0.4 is 16.2 Å². The molecule has 6 rings (SSSR count). The number of aryl methyl sites for hydroxylation is 1. The van der Waals surface area contributed by atoms with E-state index >= 15 is 0 Å². The molecular formula is C25H24F3N5OS. The van der Waals surface area contributed by atoms with Gasteiger partial charge in [-0.25, -0.2) is 18.2 Å². The van der Waals surface area contributed by atoms with Crippen molar-refractivity contribution in [3.8, 4) is 0 Å². The van der Waals surface area contributed by atoms with Gasteiger partial charge in [-0.05, 0) is 55.4 Å². The lowest BCUT2D eigenvalue weighted by Crippen LogP contribution is -2.46. The fourth-order valence-corrected chi connectivity index (χ4v) is 6.72. The molecular weight excluding hydrogens is 475 g/mol. The van der Waals surface area contributed by atoms with Gasteiger partial charge >= 0.3 is 0 Å². The molecule has 0 saturated carbocycles. The maximum atomic E-state index is 14.5. The van der Waals surface area contributed by atoms with Gasteiger partial charge in [0.1, 0.15) is 0 Å². The fraction of sp³-hybridized carbons (Fsp3) is 0.400. The molecule has 0 unspecified atom stereocenters. The van der Waals surface area contributed by atoms with Crippen LogP contribution in [0, 0.1) is 29.8 Å². The zero-order valence-electron chi connectivity index (χ0n) is 19.4. The summed E-state index contributed by atoms with van der Waals surface area (Å²) in [6.45, 7) is 3.47. The number of piperidine rings is 1. The molecule has 2 aliphatic heterocycles. The number of aromatic nitrogens is 2. The van der Waals surface area contributed by atoms with Crippen molar-refractivity contribution in [2.24, 2.45) is 23.2 Å². The predicted molar refractivity (Wildman–Crippen MR) is 129 cm³/mol. The molecule has 2 N–H and O–H groups in total. The molecule has 4 heterocycles. The summed E-state index contributed by atoms with van der Waals surface area (Å²) in [6.07, 6.45) is 1.59. The maximum absolute atomic E-state index is 14.5. The van der Waals surface area contributed by atoms with Gasteiger partial charge in [0.25, 0.3) is 5.56 Å². The van der Waals surface area contributed by atoms with Crippen molar-refractivity contribution in [1.82, 2.24) is 9.55 Å². The summed E-state index contributed by atoms with van der Waals surface area (Å²) in [4.78, 5) is 26.9. The summed E-state index contributed by atoms with van der Waals surface area (Å²) in [6, 6.07) is 4.36. The first-order valence-corrected chi connectivity index (χ1v) is 12.4. The fourth-order valence-electron chi connectivity index (χ4n) is 5.84. The molecule has 3 aliphatic rings. The van der Waals surface area contributed by atoms with E-state index in [1.807, 2.05) is 24.0 Å². The molecule has 1 atom stereocenters. The van der Waals surface area contributed by atoms with E-state index in [2.05, 4.69) is 4.99 Å². The monoisotopic (exact) mass is 499 g/mol. The number of aliphatic imine (C=N–C) groups is 1. The summed E-state index contributed by atoms with van der Waals surface area (Å²) in [5.41, 5.74) is 8.27. The summed E-state index contributed by atoms with van der Waals surface area (Å²) in [5, 5.41) is 0. The van der Waals surface area contributed by atoms with E-state index in [0.717, 1.165) is 15.8 Å². The molecule has 1 aromatic carbocycles. The average molecular weight is 500 g/mol. The van der Waals surface area contributed by atoms with E-state index in [4.69, 9.17) is 10.7 Å². The number of thiophene rings is 1. The van der Waals surface area contributed by atoms with E-state index in [-0.39, 0.29) is 11.1 Å². The number of rotatable bonds is 2. The molecule has 1 saturated heterocycles. The largest absolute Gasteiger partial charge is 0.342 e. The minimum atomic E-state index is -1.47. The Morgan fingerprint density at radius 1 is 1.17 bits per heavy atom. The van der Waals surface area contributed by atoms with Gasteiger partial charge < -0.3 is 10.6 Å². The predicted octanol–water partition coefficient (Wildman–Crippen LogP) is 3.76. The second-order valence-corrected chi connectivity index (χ2v) is 11.0. The number of halogens is 3. The summed E-state index contributed by atoms with van der Waals surface area (Å²) >= 11 is 1.60. The molecule has 0 amide bonds. The molecule has 0 bridgehead atoms. The highest BCUT2D eigenvalue weighted by atomic mass is 32.1. The Hall–Kier alpha value is -2.98. The summed E-state index contributed by atoms with van der Waals surface area (Å²) < 4.78 is 43.8. The number of nitrogens with two attached hydrogens (primary N) is 1. The lowest BCUT2D eigenvalue weighted by Gasteiger charge is -2.42. The van der Waals surface area contributed by atoms with Crippen molar-refractivity contribution in [2.45, 2.75) is 38.8 Å². The van der Waals surface area contributed by atoms with Crippen molar-refractivity contribution in [3.63, 3.8) is 0 Å². The zero-order chi connectivity index (χ0) is 24.6. The molecule has 182 valence electrons. The van der Waals surface area contributed by atoms with Crippen LogP contribution in [0.1, 0.15) is 51.0 Å². The first-order valence-electron chi connectivity index (χ1n) is 11.6. The van der Waals surface area contributed by atoms with Gasteiger partial charge in [0.15, 0.2) is 17.5 Å². The standard InChI is InChI=1S/C25H24F3N5OS/c1-12-3-4-16(35-12)21-18-15(11-30-21)31-24(32(2)23(18)34)33-7-5-25(6-8-33)10-13-9-14(26)19(27)20(28)17(13)22(25)29/h3-4,9,22H,5-8,10-11,29H2,1-2H3/t22-/m1/s1. The molecule has 3 aromatic rings. The third-order valence-corrected chi connectivity index (χ3v) is 8.79. The van der Waals surface area contributed by atoms with Crippen LogP contribution in [-0.4, -0.2) is 28.4 Å². The van der Waals surface area contributed by atoms with Crippen LogP contribution in [0.3, 0.4) is 0 Å². The number of hydrogen-bond acceptors (Lipinski definition) is 6. The Morgan fingerprint density at radius 2 is 1.91 bits per heavy atom. The van der Waals surface area contributed by atoms with E-state index < -0.39 is 28.9 Å². The molecule has 35 heavy (non-hydrogen) atoms. The van der Waals surface area contributed by atoms with Crippen LogP contribution >= 0.6 is 11.3 Å². The Morgan fingerprint density at radius 3 is 2.60 bits per heavy atom. The molecule has 0 radical (unpaired) electrons. The number of hydrogen-bond donors (Lipinski definition) is 1. The Kier molecular flexibility index (Phi) is 4.98. The summed E-state index contributed by atoms with van der Waals surface area (Å²) in [5.74, 6) is -3.26. The van der Waals surface area contributed by atoms with Crippen LogP contribution in [0.4, 0.5) is 19.1 Å². The highest BCUT2D eigenvalue weighted by Gasteiger charge is 2.48. The molecule has 2 aromatic heterocycles. The highest BCUT2D eigenvalue weighted by Crippen LogP contribution is 2.52. The van der Waals surface area contributed by atoms with Crippen molar-refractivity contribution in [1.29, 1.82) is 0 Å². The lowest BCUT2D eigenvalue weighted by atomic mass is 9.73. The smallest absolute Gasteiger partial charge is 0.264 e.